The number of hydrogen-bond acceptors (Lipinski definition) is 3. The summed E-state index contributed by atoms with van der Waals surface area (Å²) < 4.78 is 10.6. The monoisotopic (exact) mass is 263 g/mol. The maximum Gasteiger partial charge on any atom is 0.0700 e. The maximum absolute atomic E-state index is 5.60. The summed E-state index contributed by atoms with van der Waals surface area (Å²) in [5.74, 6) is 0.669. The van der Waals surface area contributed by atoms with E-state index in [0.717, 1.165) is 13.0 Å². The lowest BCUT2D eigenvalue weighted by atomic mass is 9.78. The van der Waals surface area contributed by atoms with Gasteiger partial charge in [0, 0.05) is 19.8 Å². The van der Waals surface area contributed by atoms with Gasteiger partial charge in [0.2, 0.25) is 0 Å². The topological polar surface area (TPSA) is 30.5 Å². The smallest absolute Gasteiger partial charge is 0.0700 e. The number of methoxy groups -OCH3 is 1. The van der Waals surface area contributed by atoms with E-state index in [1.807, 2.05) is 0 Å². The molecule has 0 saturated heterocycles. The molecule has 0 amide bonds. The highest BCUT2D eigenvalue weighted by Gasteiger charge is 2.27. The van der Waals surface area contributed by atoms with Crippen LogP contribution in [0.2, 0.25) is 0 Å². The second-order valence-electron chi connectivity index (χ2n) is 5.16. The predicted octanol–water partition coefficient (Wildman–Crippen LogP) is 2.56. The van der Waals surface area contributed by atoms with Gasteiger partial charge in [-0.05, 0) is 43.4 Å². The third-order valence-electron chi connectivity index (χ3n) is 4.02. The number of nitrogens with one attached hydrogen (secondary N) is 1. The number of aryl methyl sites for hydroxylation is 1. The van der Waals surface area contributed by atoms with E-state index >= 15 is 0 Å². The summed E-state index contributed by atoms with van der Waals surface area (Å²) in [5.41, 5.74) is 2.97. The molecule has 1 aromatic carbocycles. The molecule has 0 aromatic heterocycles. The van der Waals surface area contributed by atoms with Gasteiger partial charge in [0.15, 0.2) is 0 Å². The molecule has 19 heavy (non-hydrogen) atoms. The first-order valence-corrected chi connectivity index (χ1v) is 7.18. The maximum atomic E-state index is 5.60. The van der Waals surface area contributed by atoms with Crippen molar-refractivity contribution in [1.82, 2.24) is 5.32 Å². The Bertz CT molecular complexity index is 381. The van der Waals surface area contributed by atoms with Gasteiger partial charge in [-0.1, -0.05) is 24.3 Å². The Balaban J connectivity index is 1.88. The van der Waals surface area contributed by atoms with Gasteiger partial charge >= 0.3 is 0 Å². The average Bonchev–Trinajstić information content (AvgIpc) is 2.46. The van der Waals surface area contributed by atoms with E-state index in [1.54, 1.807) is 7.11 Å². The highest BCUT2D eigenvalue weighted by Crippen LogP contribution is 2.35. The van der Waals surface area contributed by atoms with Gasteiger partial charge in [0.05, 0.1) is 13.2 Å². The minimum absolute atomic E-state index is 0.468. The lowest BCUT2D eigenvalue weighted by Crippen LogP contribution is -2.31. The predicted molar refractivity (Wildman–Crippen MR) is 77.4 cm³/mol. The fourth-order valence-corrected chi connectivity index (χ4v) is 3.01. The van der Waals surface area contributed by atoms with Crippen LogP contribution >= 0.6 is 0 Å². The summed E-state index contributed by atoms with van der Waals surface area (Å²) >= 11 is 0. The molecule has 0 aliphatic heterocycles. The molecule has 0 saturated carbocycles. The van der Waals surface area contributed by atoms with Crippen molar-refractivity contribution >= 4 is 0 Å². The molecular formula is C16H25NO2. The minimum Gasteiger partial charge on any atom is -0.382 e. The molecule has 0 bridgehead atoms. The molecule has 0 fully saturated rings. The first-order chi connectivity index (χ1) is 9.36. The largest absolute Gasteiger partial charge is 0.382 e. The highest BCUT2D eigenvalue weighted by molar-refractivity contribution is 5.32. The van der Waals surface area contributed by atoms with Gasteiger partial charge in [-0.2, -0.15) is 0 Å². The van der Waals surface area contributed by atoms with E-state index in [1.165, 1.54) is 24.0 Å². The first kappa shape index (κ1) is 14.5. The van der Waals surface area contributed by atoms with E-state index in [4.69, 9.17) is 9.47 Å². The van der Waals surface area contributed by atoms with Crippen LogP contribution in [0, 0.1) is 5.92 Å². The van der Waals surface area contributed by atoms with Crippen LogP contribution < -0.4 is 5.32 Å². The van der Waals surface area contributed by atoms with Crippen molar-refractivity contribution < 1.29 is 9.47 Å². The molecule has 2 unspecified atom stereocenters. The van der Waals surface area contributed by atoms with Crippen molar-refractivity contribution in [3.63, 3.8) is 0 Å². The summed E-state index contributed by atoms with van der Waals surface area (Å²) in [6, 6.07) is 9.26. The molecule has 2 rings (SSSR count). The van der Waals surface area contributed by atoms with Crippen LogP contribution in [0.15, 0.2) is 24.3 Å². The zero-order valence-corrected chi connectivity index (χ0v) is 12.0. The van der Waals surface area contributed by atoms with E-state index in [-0.39, 0.29) is 0 Å². The third kappa shape index (κ3) is 3.78. The molecular weight excluding hydrogens is 238 g/mol. The summed E-state index contributed by atoms with van der Waals surface area (Å²) in [4.78, 5) is 0. The van der Waals surface area contributed by atoms with Crippen molar-refractivity contribution in [1.29, 1.82) is 0 Å². The van der Waals surface area contributed by atoms with E-state index in [0.29, 0.717) is 25.2 Å². The molecule has 0 radical (unpaired) electrons. The molecule has 106 valence electrons. The average molecular weight is 263 g/mol. The minimum atomic E-state index is 0.468. The summed E-state index contributed by atoms with van der Waals surface area (Å²) in [5, 5.41) is 3.48. The van der Waals surface area contributed by atoms with Crippen molar-refractivity contribution in [3.8, 4) is 0 Å². The molecule has 1 N–H and O–H groups in total. The van der Waals surface area contributed by atoms with Crippen LogP contribution in [0.4, 0.5) is 0 Å². The second kappa shape index (κ2) is 7.63. The highest BCUT2D eigenvalue weighted by atomic mass is 16.5. The fourth-order valence-electron chi connectivity index (χ4n) is 3.01. The second-order valence-corrected chi connectivity index (χ2v) is 5.16. The van der Waals surface area contributed by atoms with Crippen LogP contribution in [-0.4, -0.2) is 34.0 Å². The number of benzene rings is 1. The summed E-state index contributed by atoms with van der Waals surface area (Å²) in [7, 11) is 3.77. The molecule has 1 aliphatic rings. The molecule has 3 nitrogen and oxygen atoms in total. The Morgan fingerprint density at radius 3 is 2.84 bits per heavy atom. The van der Waals surface area contributed by atoms with Gasteiger partial charge in [0.25, 0.3) is 0 Å². The van der Waals surface area contributed by atoms with Gasteiger partial charge < -0.3 is 14.8 Å². The number of fused-ring (bicyclic) bond motifs is 1. The first-order valence-electron chi connectivity index (χ1n) is 7.18. The van der Waals surface area contributed by atoms with Gasteiger partial charge in [-0.3, -0.25) is 0 Å². The van der Waals surface area contributed by atoms with Crippen molar-refractivity contribution in [3.05, 3.63) is 35.4 Å². The molecule has 2 atom stereocenters. The SMILES string of the molecule is CNC1c2ccccc2CCC1CCOCCOC. The Labute approximate surface area is 116 Å². The summed E-state index contributed by atoms with van der Waals surface area (Å²) in [6.45, 7) is 2.21. The molecule has 1 aromatic rings. The summed E-state index contributed by atoms with van der Waals surface area (Å²) in [6.07, 6.45) is 3.55. The Morgan fingerprint density at radius 2 is 2.05 bits per heavy atom. The Morgan fingerprint density at radius 1 is 1.21 bits per heavy atom. The normalized spacial score (nSPS) is 22.2. The Hall–Kier alpha value is -0.900. The lowest BCUT2D eigenvalue weighted by Gasteiger charge is -2.33. The zero-order chi connectivity index (χ0) is 13.5. The van der Waals surface area contributed by atoms with Crippen LogP contribution in [0.1, 0.15) is 30.0 Å². The van der Waals surface area contributed by atoms with Crippen LogP contribution in [0.25, 0.3) is 0 Å². The Kier molecular flexibility index (Phi) is 5.83. The number of hydrogen-bond donors (Lipinski definition) is 1. The van der Waals surface area contributed by atoms with Gasteiger partial charge in [-0.15, -0.1) is 0 Å². The molecule has 3 heteroatoms. The van der Waals surface area contributed by atoms with E-state index in [9.17, 15) is 0 Å². The fraction of sp³-hybridized carbons (Fsp3) is 0.625. The molecule has 1 aliphatic carbocycles. The number of rotatable bonds is 7. The van der Waals surface area contributed by atoms with Crippen LogP contribution in [0.3, 0.4) is 0 Å². The van der Waals surface area contributed by atoms with Crippen molar-refractivity contribution in [2.24, 2.45) is 5.92 Å². The molecule has 0 heterocycles. The third-order valence-corrected chi connectivity index (χ3v) is 4.02. The zero-order valence-electron chi connectivity index (χ0n) is 12.0. The van der Waals surface area contributed by atoms with E-state index in [2.05, 4.69) is 36.6 Å². The lowest BCUT2D eigenvalue weighted by molar-refractivity contribution is 0.0599. The quantitative estimate of drug-likeness (QED) is 0.767. The van der Waals surface area contributed by atoms with Crippen molar-refractivity contribution in [2.75, 3.05) is 34.0 Å². The van der Waals surface area contributed by atoms with Crippen LogP contribution in [0.5, 0.6) is 0 Å². The number of ether oxygens (including phenoxy) is 2. The molecule has 0 spiro atoms. The van der Waals surface area contributed by atoms with Gasteiger partial charge in [-0.25, -0.2) is 0 Å². The van der Waals surface area contributed by atoms with Crippen molar-refractivity contribution in [2.45, 2.75) is 25.3 Å². The van der Waals surface area contributed by atoms with E-state index < -0.39 is 0 Å². The van der Waals surface area contributed by atoms with Gasteiger partial charge in [0.1, 0.15) is 0 Å². The standard InChI is InChI=1S/C16H25NO2/c1-17-16-14(9-10-19-12-11-18-2)8-7-13-5-3-4-6-15(13)16/h3-6,14,16-17H,7-12H2,1-2H3. The van der Waals surface area contributed by atoms with Crippen LogP contribution in [-0.2, 0) is 15.9 Å².